The molecule has 2 unspecified atom stereocenters. The van der Waals surface area contributed by atoms with Gasteiger partial charge in [-0.1, -0.05) is 17.7 Å². The Labute approximate surface area is 126 Å². The number of amides is 1. The second-order valence-corrected chi connectivity index (χ2v) is 5.77. The molecule has 1 aromatic carbocycles. The van der Waals surface area contributed by atoms with Crippen LogP contribution in [0.5, 0.6) is 5.75 Å². The standard InChI is InChI=1S/C17H25NO3/c1-13-7-9-16(10-8-13)21-14(2)17(20)18-11-3-5-15(18)6-4-12-19/h7-10,14-15,19H,3-6,11-12H2,1-2H3. The zero-order valence-electron chi connectivity index (χ0n) is 12.9. The Bertz CT molecular complexity index is 458. The molecule has 4 nitrogen and oxygen atoms in total. The van der Waals surface area contributed by atoms with Crippen LogP contribution in [-0.4, -0.2) is 41.2 Å². The van der Waals surface area contributed by atoms with Gasteiger partial charge in [-0.15, -0.1) is 0 Å². The summed E-state index contributed by atoms with van der Waals surface area (Å²) in [6.45, 7) is 4.82. The van der Waals surface area contributed by atoms with Crippen LogP contribution in [0.3, 0.4) is 0 Å². The van der Waals surface area contributed by atoms with Crippen molar-refractivity contribution in [2.45, 2.75) is 51.7 Å². The summed E-state index contributed by atoms with van der Waals surface area (Å²) in [4.78, 5) is 14.5. The molecule has 21 heavy (non-hydrogen) atoms. The molecule has 0 saturated carbocycles. The molecule has 2 rings (SSSR count). The largest absolute Gasteiger partial charge is 0.481 e. The summed E-state index contributed by atoms with van der Waals surface area (Å²) in [5, 5.41) is 8.95. The highest BCUT2D eigenvalue weighted by Crippen LogP contribution is 2.23. The first-order valence-electron chi connectivity index (χ1n) is 7.76. The summed E-state index contributed by atoms with van der Waals surface area (Å²) in [5.74, 6) is 0.781. The maximum Gasteiger partial charge on any atom is 0.263 e. The van der Waals surface area contributed by atoms with Gasteiger partial charge in [0.2, 0.25) is 0 Å². The minimum absolute atomic E-state index is 0.0519. The maximum absolute atomic E-state index is 12.5. The lowest BCUT2D eigenvalue weighted by atomic mass is 10.1. The monoisotopic (exact) mass is 291 g/mol. The van der Waals surface area contributed by atoms with E-state index >= 15 is 0 Å². The van der Waals surface area contributed by atoms with Crippen LogP contribution in [0.1, 0.15) is 38.2 Å². The summed E-state index contributed by atoms with van der Waals surface area (Å²) in [5.41, 5.74) is 1.17. The molecular weight excluding hydrogens is 266 g/mol. The second kappa shape index (κ2) is 7.46. The molecule has 1 saturated heterocycles. The Morgan fingerprint density at radius 2 is 2.14 bits per heavy atom. The molecule has 1 heterocycles. The number of nitrogens with zero attached hydrogens (tertiary/aromatic N) is 1. The fourth-order valence-electron chi connectivity index (χ4n) is 2.86. The van der Waals surface area contributed by atoms with Crippen molar-refractivity contribution in [2.75, 3.05) is 13.2 Å². The third-order valence-electron chi connectivity index (χ3n) is 4.04. The molecule has 1 aliphatic heterocycles. The summed E-state index contributed by atoms with van der Waals surface area (Å²) in [6, 6.07) is 8.01. The van der Waals surface area contributed by atoms with Crippen LogP contribution in [0, 0.1) is 6.92 Å². The van der Waals surface area contributed by atoms with E-state index in [1.807, 2.05) is 43.0 Å². The number of carbonyl (C=O) groups excluding carboxylic acids is 1. The van der Waals surface area contributed by atoms with Gasteiger partial charge in [0.1, 0.15) is 5.75 Å². The number of likely N-dealkylation sites (tertiary alicyclic amines) is 1. The fourth-order valence-corrected chi connectivity index (χ4v) is 2.86. The molecule has 2 atom stereocenters. The number of aliphatic hydroxyl groups is 1. The highest BCUT2D eigenvalue weighted by Gasteiger charge is 2.31. The summed E-state index contributed by atoms with van der Waals surface area (Å²) < 4.78 is 5.76. The van der Waals surface area contributed by atoms with Crippen LogP contribution in [-0.2, 0) is 4.79 Å². The number of rotatable bonds is 6. The minimum atomic E-state index is -0.470. The van der Waals surface area contributed by atoms with Gasteiger partial charge in [0.05, 0.1) is 0 Å². The van der Waals surface area contributed by atoms with Gasteiger partial charge >= 0.3 is 0 Å². The molecule has 0 spiro atoms. The molecule has 4 heteroatoms. The van der Waals surface area contributed by atoms with Crippen molar-refractivity contribution >= 4 is 5.91 Å². The van der Waals surface area contributed by atoms with Gasteiger partial charge in [-0.2, -0.15) is 0 Å². The van der Waals surface area contributed by atoms with E-state index in [-0.39, 0.29) is 18.6 Å². The molecule has 1 aromatic rings. The van der Waals surface area contributed by atoms with Gasteiger partial charge in [0.15, 0.2) is 6.10 Å². The number of aryl methyl sites for hydroxylation is 1. The third-order valence-corrected chi connectivity index (χ3v) is 4.04. The van der Waals surface area contributed by atoms with Crippen molar-refractivity contribution in [1.29, 1.82) is 0 Å². The van der Waals surface area contributed by atoms with E-state index in [2.05, 4.69) is 0 Å². The van der Waals surface area contributed by atoms with Crippen molar-refractivity contribution in [3.8, 4) is 5.75 Å². The number of carbonyl (C=O) groups is 1. The lowest BCUT2D eigenvalue weighted by Crippen LogP contribution is -2.43. The van der Waals surface area contributed by atoms with E-state index in [4.69, 9.17) is 9.84 Å². The molecule has 1 fully saturated rings. The van der Waals surface area contributed by atoms with Crippen molar-refractivity contribution in [1.82, 2.24) is 4.90 Å². The van der Waals surface area contributed by atoms with Crippen LogP contribution >= 0.6 is 0 Å². The van der Waals surface area contributed by atoms with E-state index in [9.17, 15) is 4.79 Å². The molecule has 0 radical (unpaired) electrons. The highest BCUT2D eigenvalue weighted by molar-refractivity contribution is 5.81. The Balaban J connectivity index is 1.93. The smallest absolute Gasteiger partial charge is 0.263 e. The van der Waals surface area contributed by atoms with Crippen molar-refractivity contribution in [2.24, 2.45) is 0 Å². The minimum Gasteiger partial charge on any atom is -0.481 e. The number of hydrogen-bond donors (Lipinski definition) is 1. The summed E-state index contributed by atoms with van der Waals surface area (Å²) >= 11 is 0. The Morgan fingerprint density at radius 1 is 1.43 bits per heavy atom. The molecule has 0 aromatic heterocycles. The van der Waals surface area contributed by atoms with Crippen LogP contribution in [0.25, 0.3) is 0 Å². The van der Waals surface area contributed by atoms with E-state index in [0.29, 0.717) is 0 Å². The van der Waals surface area contributed by atoms with Gasteiger partial charge in [0.25, 0.3) is 5.91 Å². The SMILES string of the molecule is Cc1ccc(OC(C)C(=O)N2CCCC2CCCO)cc1. The molecule has 0 bridgehead atoms. The van der Waals surface area contributed by atoms with Crippen molar-refractivity contribution in [3.05, 3.63) is 29.8 Å². The first kappa shape index (κ1) is 15.8. The van der Waals surface area contributed by atoms with E-state index in [1.165, 1.54) is 5.56 Å². The predicted octanol–water partition coefficient (Wildman–Crippen LogP) is 2.53. The lowest BCUT2D eigenvalue weighted by molar-refractivity contribution is -0.138. The predicted molar refractivity (Wildman–Crippen MR) is 82.3 cm³/mol. The second-order valence-electron chi connectivity index (χ2n) is 5.77. The quantitative estimate of drug-likeness (QED) is 0.876. The average Bonchev–Trinajstić information content (AvgIpc) is 2.95. The van der Waals surface area contributed by atoms with Gasteiger partial charge in [-0.25, -0.2) is 0 Å². The number of hydrogen-bond acceptors (Lipinski definition) is 3. The van der Waals surface area contributed by atoms with Gasteiger partial charge in [-0.3, -0.25) is 4.79 Å². The Kier molecular flexibility index (Phi) is 5.62. The van der Waals surface area contributed by atoms with Crippen LogP contribution in [0.2, 0.25) is 0 Å². The Hall–Kier alpha value is -1.55. The Morgan fingerprint density at radius 3 is 2.81 bits per heavy atom. The van der Waals surface area contributed by atoms with Crippen molar-refractivity contribution in [3.63, 3.8) is 0 Å². The molecule has 1 amide bonds. The number of aliphatic hydroxyl groups excluding tert-OH is 1. The molecule has 1 N–H and O–H groups in total. The highest BCUT2D eigenvalue weighted by atomic mass is 16.5. The van der Waals surface area contributed by atoms with Crippen LogP contribution in [0.15, 0.2) is 24.3 Å². The van der Waals surface area contributed by atoms with E-state index in [1.54, 1.807) is 0 Å². The molecule has 116 valence electrons. The first-order chi connectivity index (χ1) is 10.1. The first-order valence-corrected chi connectivity index (χ1v) is 7.76. The average molecular weight is 291 g/mol. The van der Waals surface area contributed by atoms with Crippen LogP contribution in [0.4, 0.5) is 0 Å². The number of benzene rings is 1. The molecule has 1 aliphatic rings. The topological polar surface area (TPSA) is 49.8 Å². The zero-order chi connectivity index (χ0) is 15.2. The van der Waals surface area contributed by atoms with Gasteiger partial charge in [0, 0.05) is 19.2 Å². The lowest BCUT2D eigenvalue weighted by Gasteiger charge is -2.27. The fraction of sp³-hybridized carbons (Fsp3) is 0.588. The third kappa shape index (κ3) is 4.21. The normalized spacial score (nSPS) is 19.6. The summed E-state index contributed by atoms with van der Waals surface area (Å²) in [7, 11) is 0. The number of ether oxygens (including phenoxy) is 1. The molecular formula is C17H25NO3. The van der Waals surface area contributed by atoms with Gasteiger partial charge in [-0.05, 0) is 51.7 Å². The zero-order valence-corrected chi connectivity index (χ0v) is 12.9. The molecule has 0 aliphatic carbocycles. The summed E-state index contributed by atoms with van der Waals surface area (Å²) in [6.07, 6.45) is 3.23. The van der Waals surface area contributed by atoms with E-state index < -0.39 is 6.10 Å². The van der Waals surface area contributed by atoms with Crippen molar-refractivity contribution < 1.29 is 14.6 Å². The van der Waals surface area contributed by atoms with E-state index in [0.717, 1.165) is 38.0 Å². The van der Waals surface area contributed by atoms with Gasteiger partial charge < -0.3 is 14.7 Å². The maximum atomic E-state index is 12.5. The van der Waals surface area contributed by atoms with Crippen LogP contribution < -0.4 is 4.74 Å².